The Labute approximate surface area is 124 Å². The molecule has 2 fully saturated rings. The van der Waals surface area contributed by atoms with Crippen LogP contribution in [0.3, 0.4) is 0 Å². The van der Waals surface area contributed by atoms with Gasteiger partial charge >= 0.3 is 0 Å². The summed E-state index contributed by atoms with van der Waals surface area (Å²) in [7, 11) is 0. The van der Waals surface area contributed by atoms with Crippen LogP contribution in [-0.4, -0.2) is 35.8 Å². The number of hydrogen-bond acceptors (Lipinski definition) is 2. The molecule has 20 heavy (non-hydrogen) atoms. The lowest BCUT2D eigenvalue weighted by Crippen LogP contribution is -2.43. The highest BCUT2D eigenvalue weighted by atomic mass is 79.9. The Hall–Kier alpha value is -1.43. The van der Waals surface area contributed by atoms with Gasteiger partial charge in [-0.3, -0.25) is 9.59 Å². The smallest absolute Gasteiger partial charge is 0.249 e. The average molecular weight is 341 g/mol. The highest BCUT2D eigenvalue weighted by Crippen LogP contribution is 2.29. The monoisotopic (exact) mass is 340 g/mol. The summed E-state index contributed by atoms with van der Waals surface area (Å²) in [6.07, 6.45) is 1.89. The Morgan fingerprint density at radius 2 is 2.05 bits per heavy atom. The minimum Gasteiger partial charge on any atom is -0.331 e. The number of carbonyl (C=O) groups is 2. The van der Waals surface area contributed by atoms with Crippen LogP contribution in [0.5, 0.6) is 0 Å². The molecule has 1 atom stereocenters. The standard InChI is InChI=1S/C14H14BrFN2O2/c15-10-8-9(3-4-11(10)16)17-7-5-13(19)18-6-1-2-12(18)14(17)20/h3-4,8,12H,1-2,5-7H2. The molecule has 1 aromatic rings. The fourth-order valence-corrected chi connectivity index (χ4v) is 3.24. The lowest BCUT2D eigenvalue weighted by Gasteiger charge is -2.25. The van der Waals surface area contributed by atoms with Crippen molar-refractivity contribution in [2.75, 3.05) is 18.0 Å². The first-order chi connectivity index (χ1) is 9.58. The summed E-state index contributed by atoms with van der Waals surface area (Å²) in [6.45, 7) is 1.01. The number of fused-ring (bicyclic) bond motifs is 1. The molecule has 3 rings (SSSR count). The Morgan fingerprint density at radius 3 is 2.80 bits per heavy atom. The predicted molar refractivity (Wildman–Crippen MR) is 75.8 cm³/mol. The van der Waals surface area contributed by atoms with Gasteiger partial charge in [0.2, 0.25) is 11.8 Å². The van der Waals surface area contributed by atoms with Gasteiger partial charge in [-0.2, -0.15) is 0 Å². The summed E-state index contributed by atoms with van der Waals surface area (Å²) in [5.74, 6) is -0.397. The van der Waals surface area contributed by atoms with Gasteiger partial charge in [-0.05, 0) is 47.0 Å². The number of rotatable bonds is 1. The van der Waals surface area contributed by atoms with Crippen LogP contribution in [0.25, 0.3) is 0 Å². The molecule has 2 heterocycles. The van der Waals surface area contributed by atoms with Crippen molar-refractivity contribution in [1.82, 2.24) is 4.90 Å². The SMILES string of the molecule is O=C1C2CCCN2C(=O)CCN1c1ccc(F)c(Br)c1. The van der Waals surface area contributed by atoms with E-state index in [1.54, 1.807) is 21.9 Å². The number of amides is 2. The fraction of sp³-hybridized carbons (Fsp3) is 0.429. The third-order valence-corrected chi connectivity index (χ3v) is 4.50. The summed E-state index contributed by atoms with van der Waals surface area (Å²) in [4.78, 5) is 27.9. The fourth-order valence-electron chi connectivity index (χ4n) is 2.87. The molecule has 0 bridgehead atoms. The van der Waals surface area contributed by atoms with E-state index in [2.05, 4.69) is 15.9 Å². The number of carbonyl (C=O) groups excluding carboxylic acids is 2. The van der Waals surface area contributed by atoms with Crippen LogP contribution in [0.4, 0.5) is 10.1 Å². The van der Waals surface area contributed by atoms with Crippen LogP contribution in [0.2, 0.25) is 0 Å². The average Bonchev–Trinajstić information content (AvgIpc) is 2.87. The largest absolute Gasteiger partial charge is 0.331 e. The first kappa shape index (κ1) is 13.5. The van der Waals surface area contributed by atoms with Crippen molar-refractivity contribution in [3.05, 3.63) is 28.5 Å². The summed E-state index contributed by atoms with van der Waals surface area (Å²) >= 11 is 3.13. The van der Waals surface area contributed by atoms with E-state index in [1.807, 2.05) is 0 Å². The van der Waals surface area contributed by atoms with Gasteiger partial charge in [0.05, 0.1) is 4.47 Å². The van der Waals surface area contributed by atoms with Crippen molar-refractivity contribution in [1.29, 1.82) is 0 Å². The molecule has 0 aliphatic carbocycles. The normalized spacial score (nSPS) is 23.0. The molecule has 2 saturated heterocycles. The van der Waals surface area contributed by atoms with Gasteiger partial charge in [0.25, 0.3) is 0 Å². The molecule has 0 saturated carbocycles. The van der Waals surface area contributed by atoms with E-state index in [0.29, 0.717) is 36.1 Å². The first-order valence-corrected chi connectivity index (χ1v) is 7.43. The number of hydrogen-bond donors (Lipinski definition) is 0. The Morgan fingerprint density at radius 1 is 1.25 bits per heavy atom. The van der Waals surface area contributed by atoms with Crippen molar-refractivity contribution in [3.63, 3.8) is 0 Å². The van der Waals surface area contributed by atoms with E-state index < -0.39 is 0 Å². The molecular formula is C14H14BrFN2O2. The zero-order valence-electron chi connectivity index (χ0n) is 10.8. The number of nitrogens with zero attached hydrogens (tertiary/aromatic N) is 2. The van der Waals surface area contributed by atoms with Crippen molar-refractivity contribution in [2.24, 2.45) is 0 Å². The van der Waals surface area contributed by atoms with Crippen LogP contribution < -0.4 is 4.90 Å². The number of benzene rings is 1. The van der Waals surface area contributed by atoms with E-state index in [-0.39, 0.29) is 23.7 Å². The van der Waals surface area contributed by atoms with Crippen LogP contribution in [-0.2, 0) is 9.59 Å². The van der Waals surface area contributed by atoms with E-state index in [9.17, 15) is 14.0 Å². The van der Waals surface area contributed by atoms with Crippen molar-refractivity contribution < 1.29 is 14.0 Å². The maximum Gasteiger partial charge on any atom is 0.249 e. The molecule has 4 nitrogen and oxygen atoms in total. The molecular weight excluding hydrogens is 327 g/mol. The molecule has 0 aromatic heterocycles. The molecule has 1 aromatic carbocycles. The van der Waals surface area contributed by atoms with Crippen LogP contribution in [0.1, 0.15) is 19.3 Å². The van der Waals surface area contributed by atoms with Gasteiger partial charge in [-0.15, -0.1) is 0 Å². The first-order valence-electron chi connectivity index (χ1n) is 6.64. The van der Waals surface area contributed by atoms with Gasteiger partial charge in [0.1, 0.15) is 11.9 Å². The van der Waals surface area contributed by atoms with Gasteiger partial charge in [-0.1, -0.05) is 0 Å². The van der Waals surface area contributed by atoms with Crippen molar-refractivity contribution in [2.45, 2.75) is 25.3 Å². The molecule has 2 aliphatic heterocycles. The van der Waals surface area contributed by atoms with Crippen molar-refractivity contribution in [3.8, 4) is 0 Å². The zero-order chi connectivity index (χ0) is 14.3. The summed E-state index contributed by atoms with van der Waals surface area (Å²) in [6, 6.07) is 4.13. The molecule has 1 unspecified atom stereocenters. The predicted octanol–water partition coefficient (Wildman–Crippen LogP) is 2.32. The minimum absolute atomic E-state index is 0.0320. The Balaban J connectivity index is 1.94. The topological polar surface area (TPSA) is 40.6 Å². The molecule has 0 spiro atoms. The second-order valence-electron chi connectivity index (χ2n) is 5.08. The molecule has 2 aliphatic rings. The quantitative estimate of drug-likeness (QED) is 0.787. The maximum atomic E-state index is 13.3. The highest BCUT2D eigenvalue weighted by molar-refractivity contribution is 9.10. The highest BCUT2D eigenvalue weighted by Gasteiger charge is 2.39. The summed E-state index contributed by atoms with van der Waals surface area (Å²) in [5.41, 5.74) is 0.629. The van der Waals surface area contributed by atoms with E-state index in [1.165, 1.54) is 6.07 Å². The van der Waals surface area contributed by atoms with Gasteiger partial charge in [0, 0.05) is 25.2 Å². The van der Waals surface area contributed by atoms with Gasteiger partial charge < -0.3 is 9.80 Å². The second-order valence-corrected chi connectivity index (χ2v) is 5.94. The third-order valence-electron chi connectivity index (χ3n) is 3.89. The molecule has 6 heteroatoms. The van der Waals surface area contributed by atoms with Gasteiger partial charge in [0.15, 0.2) is 0 Å². The molecule has 0 N–H and O–H groups in total. The Bertz CT molecular complexity index is 578. The minimum atomic E-state index is -0.366. The second kappa shape index (κ2) is 5.16. The lowest BCUT2D eigenvalue weighted by molar-refractivity contribution is -0.135. The Kier molecular flexibility index (Phi) is 3.50. The third kappa shape index (κ3) is 2.22. The van der Waals surface area contributed by atoms with E-state index in [4.69, 9.17) is 0 Å². The zero-order valence-corrected chi connectivity index (χ0v) is 12.4. The van der Waals surface area contributed by atoms with E-state index >= 15 is 0 Å². The summed E-state index contributed by atoms with van der Waals surface area (Å²) < 4.78 is 13.6. The molecule has 2 amide bonds. The van der Waals surface area contributed by atoms with E-state index in [0.717, 1.165) is 6.42 Å². The molecule has 0 radical (unpaired) electrons. The van der Waals surface area contributed by atoms with Crippen LogP contribution >= 0.6 is 15.9 Å². The lowest BCUT2D eigenvalue weighted by atomic mass is 10.2. The number of halogens is 2. The summed E-state index contributed by atoms with van der Waals surface area (Å²) in [5, 5.41) is 0. The van der Waals surface area contributed by atoms with Crippen LogP contribution in [0, 0.1) is 5.82 Å². The van der Waals surface area contributed by atoms with Crippen molar-refractivity contribution >= 4 is 33.4 Å². The molecule has 106 valence electrons. The van der Waals surface area contributed by atoms with Crippen LogP contribution in [0.15, 0.2) is 22.7 Å². The van der Waals surface area contributed by atoms with Gasteiger partial charge in [-0.25, -0.2) is 4.39 Å². The number of anilines is 1. The maximum absolute atomic E-state index is 13.3.